The summed E-state index contributed by atoms with van der Waals surface area (Å²) in [6.45, 7) is 3.68. The first-order valence-corrected chi connectivity index (χ1v) is 12.7. The maximum absolute atomic E-state index is 13.4. The van der Waals surface area contributed by atoms with Crippen molar-refractivity contribution in [1.82, 2.24) is 34.0 Å². The van der Waals surface area contributed by atoms with Crippen molar-refractivity contribution in [2.24, 2.45) is 0 Å². The number of para-hydroxylation sites is 2. The van der Waals surface area contributed by atoms with Gasteiger partial charge in [-0.25, -0.2) is 24.1 Å². The summed E-state index contributed by atoms with van der Waals surface area (Å²) in [6.07, 6.45) is 3.28. The van der Waals surface area contributed by atoms with E-state index in [1.165, 1.54) is 18.5 Å². The molecule has 1 saturated heterocycles. The van der Waals surface area contributed by atoms with Crippen LogP contribution in [0.3, 0.4) is 0 Å². The number of imidazole rings is 2. The van der Waals surface area contributed by atoms with Crippen molar-refractivity contribution in [3.8, 4) is 0 Å². The molecule has 6 rings (SSSR count). The van der Waals surface area contributed by atoms with Crippen molar-refractivity contribution in [1.29, 1.82) is 0 Å². The van der Waals surface area contributed by atoms with Gasteiger partial charge in [0.15, 0.2) is 10.8 Å². The molecule has 1 fully saturated rings. The number of nitrogens with one attached hydrogen (secondary N) is 2. The molecule has 5 aromatic rings. The van der Waals surface area contributed by atoms with Crippen LogP contribution in [0, 0.1) is 5.82 Å². The van der Waals surface area contributed by atoms with Crippen molar-refractivity contribution in [3.63, 3.8) is 0 Å². The highest BCUT2D eigenvalue weighted by Gasteiger charge is 2.22. The number of fused-ring (bicyclic) bond motifs is 2. The Balaban J connectivity index is 1.12. The fraction of sp³-hybridized carbons (Fsp3) is 0.308. The number of halogens is 2. The highest BCUT2D eigenvalue weighted by Crippen LogP contribution is 2.24. The van der Waals surface area contributed by atoms with E-state index in [1.54, 1.807) is 4.57 Å². The highest BCUT2D eigenvalue weighted by atomic mass is 35.5. The molecule has 0 unspecified atom stereocenters. The Morgan fingerprint density at radius 1 is 1.03 bits per heavy atom. The maximum atomic E-state index is 13.4. The molecule has 0 amide bonds. The summed E-state index contributed by atoms with van der Waals surface area (Å²) in [7, 11) is 0. The standard InChI is InChI=1S/C26H26ClFN8O/c27-23-22-24(30-16-29-23)35(26(37)33-22)14-13-34-11-9-19(10-12-34)31-25-32-20-3-1-2-4-21(20)36(25)15-17-5-7-18(28)8-6-17/h1-8,16,19H,9-15H2,(H,31,32)(H,33,37). The second-order valence-corrected chi connectivity index (χ2v) is 9.70. The number of rotatable bonds is 7. The van der Waals surface area contributed by atoms with Gasteiger partial charge in [-0.2, -0.15) is 0 Å². The highest BCUT2D eigenvalue weighted by molar-refractivity contribution is 6.33. The number of aromatic amines is 1. The van der Waals surface area contributed by atoms with E-state index < -0.39 is 0 Å². The number of benzene rings is 2. The molecule has 2 N–H and O–H groups in total. The predicted molar refractivity (Wildman–Crippen MR) is 141 cm³/mol. The molecule has 0 saturated carbocycles. The lowest BCUT2D eigenvalue weighted by Gasteiger charge is -2.32. The molecule has 190 valence electrons. The van der Waals surface area contributed by atoms with E-state index in [0.717, 1.165) is 55.0 Å². The fourth-order valence-corrected chi connectivity index (χ4v) is 5.16. The SMILES string of the molecule is O=c1[nH]c2c(Cl)ncnc2n1CCN1CCC(Nc2nc3ccccc3n2Cc2ccc(F)cc2)CC1. The number of nitrogens with zero attached hydrogens (tertiary/aromatic N) is 6. The van der Waals surface area contributed by atoms with E-state index in [9.17, 15) is 9.18 Å². The summed E-state index contributed by atoms with van der Waals surface area (Å²) in [5.41, 5.74) is 3.76. The van der Waals surface area contributed by atoms with Gasteiger partial charge in [0.25, 0.3) is 0 Å². The van der Waals surface area contributed by atoms with E-state index in [1.807, 2.05) is 30.3 Å². The van der Waals surface area contributed by atoms with Crippen LogP contribution in [-0.4, -0.2) is 59.6 Å². The van der Waals surface area contributed by atoms with E-state index >= 15 is 0 Å². The van der Waals surface area contributed by atoms with Gasteiger partial charge < -0.3 is 19.8 Å². The van der Waals surface area contributed by atoms with E-state index in [2.05, 4.69) is 35.8 Å². The van der Waals surface area contributed by atoms with Crippen LogP contribution in [0.15, 0.2) is 59.7 Å². The third-order valence-electron chi connectivity index (χ3n) is 6.98. The second kappa shape index (κ2) is 9.95. The zero-order valence-corrected chi connectivity index (χ0v) is 20.8. The fourth-order valence-electron chi connectivity index (χ4n) is 4.99. The topological polar surface area (TPSA) is 96.7 Å². The van der Waals surface area contributed by atoms with Gasteiger partial charge in [0, 0.05) is 32.2 Å². The monoisotopic (exact) mass is 520 g/mol. The van der Waals surface area contributed by atoms with Gasteiger partial charge in [-0.15, -0.1) is 0 Å². The molecule has 3 aromatic heterocycles. The van der Waals surface area contributed by atoms with Crippen molar-refractivity contribution in [3.05, 3.63) is 81.9 Å². The van der Waals surface area contributed by atoms with Crippen LogP contribution in [-0.2, 0) is 13.1 Å². The first kappa shape index (κ1) is 23.6. The molecule has 9 nitrogen and oxygen atoms in total. The summed E-state index contributed by atoms with van der Waals surface area (Å²) in [4.78, 5) is 30.5. The van der Waals surface area contributed by atoms with Gasteiger partial charge in [-0.1, -0.05) is 35.9 Å². The number of hydrogen-bond acceptors (Lipinski definition) is 6. The van der Waals surface area contributed by atoms with Crippen LogP contribution in [0.25, 0.3) is 22.2 Å². The van der Waals surface area contributed by atoms with E-state index in [0.29, 0.717) is 24.3 Å². The molecular weight excluding hydrogens is 495 g/mol. The average Bonchev–Trinajstić information content (AvgIpc) is 3.42. The molecule has 2 aromatic carbocycles. The van der Waals surface area contributed by atoms with Gasteiger partial charge in [0.1, 0.15) is 17.7 Å². The van der Waals surface area contributed by atoms with Crippen molar-refractivity contribution < 1.29 is 4.39 Å². The Kier molecular flexibility index (Phi) is 6.35. The number of aromatic nitrogens is 6. The molecule has 37 heavy (non-hydrogen) atoms. The number of piperidine rings is 1. The molecule has 0 atom stereocenters. The van der Waals surface area contributed by atoms with Crippen LogP contribution in [0.4, 0.5) is 10.3 Å². The molecule has 4 heterocycles. The van der Waals surface area contributed by atoms with Crippen molar-refractivity contribution >= 4 is 39.7 Å². The molecule has 0 bridgehead atoms. The zero-order chi connectivity index (χ0) is 25.4. The Hall–Kier alpha value is -3.76. The van der Waals surface area contributed by atoms with Crippen molar-refractivity contribution in [2.75, 3.05) is 25.0 Å². The summed E-state index contributed by atoms with van der Waals surface area (Å²) in [5, 5.41) is 3.91. The van der Waals surface area contributed by atoms with Gasteiger partial charge in [-0.05, 0) is 42.7 Å². The van der Waals surface area contributed by atoms with Crippen LogP contribution in [0.1, 0.15) is 18.4 Å². The Bertz CT molecular complexity index is 1600. The van der Waals surface area contributed by atoms with Crippen molar-refractivity contribution in [2.45, 2.75) is 32.0 Å². The lowest BCUT2D eigenvalue weighted by atomic mass is 10.1. The van der Waals surface area contributed by atoms with Crippen LogP contribution in [0.5, 0.6) is 0 Å². The number of anilines is 1. The first-order chi connectivity index (χ1) is 18.0. The zero-order valence-electron chi connectivity index (χ0n) is 20.1. The van der Waals surface area contributed by atoms with Crippen LogP contribution in [0.2, 0.25) is 5.15 Å². The average molecular weight is 521 g/mol. The van der Waals surface area contributed by atoms with Gasteiger partial charge >= 0.3 is 5.69 Å². The summed E-state index contributed by atoms with van der Waals surface area (Å²) < 4.78 is 17.2. The minimum atomic E-state index is -0.240. The third kappa shape index (κ3) is 4.82. The summed E-state index contributed by atoms with van der Waals surface area (Å²) >= 11 is 6.09. The second-order valence-electron chi connectivity index (χ2n) is 9.34. The van der Waals surface area contributed by atoms with Gasteiger partial charge in [0.05, 0.1) is 17.6 Å². The van der Waals surface area contributed by atoms with Crippen LogP contribution < -0.4 is 11.0 Å². The molecule has 0 aliphatic carbocycles. The summed E-state index contributed by atoms with van der Waals surface area (Å²) in [5.74, 6) is 0.585. The molecular formula is C26H26ClFN8O. The first-order valence-electron chi connectivity index (χ1n) is 12.3. The molecule has 0 radical (unpaired) electrons. The Morgan fingerprint density at radius 2 is 1.81 bits per heavy atom. The molecule has 1 aliphatic rings. The van der Waals surface area contributed by atoms with Gasteiger partial charge in [-0.3, -0.25) is 4.57 Å². The van der Waals surface area contributed by atoms with Crippen LogP contribution >= 0.6 is 11.6 Å². The minimum absolute atomic E-state index is 0.228. The van der Waals surface area contributed by atoms with Gasteiger partial charge in [0.2, 0.25) is 5.95 Å². The lowest BCUT2D eigenvalue weighted by Crippen LogP contribution is -2.41. The quantitative estimate of drug-likeness (QED) is 0.316. The Labute approximate surface area is 216 Å². The predicted octanol–water partition coefficient (Wildman–Crippen LogP) is 3.89. The molecule has 11 heteroatoms. The smallest absolute Gasteiger partial charge is 0.327 e. The molecule has 1 aliphatic heterocycles. The third-order valence-corrected chi connectivity index (χ3v) is 7.27. The number of likely N-dealkylation sites (tertiary alicyclic amines) is 1. The summed E-state index contributed by atoms with van der Waals surface area (Å²) in [6, 6.07) is 14.9. The number of H-pyrrole nitrogens is 1. The van der Waals surface area contributed by atoms with E-state index in [-0.39, 0.29) is 22.7 Å². The lowest BCUT2D eigenvalue weighted by molar-refractivity contribution is 0.211. The maximum Gasteiger partial charge on any atom is 0.327 e. The normalized spacial score (nSPS) is 15.1. The molecule has 0 spiro atoms. The minimum Gasteiger partial charge on any atom is -0.353 e. The number of hydrogen-bond donors (Lipinski definition) is 2. The Morgan fingerprint density at radius 3 is 2.62 bits per heavy atom. The largest absolute Gasteiger partial charge is 0.353 e. The van der Waals surface area contributed by atoms with E-state index in [4.69, 9.17) is 16.6 Å².